The Morgan fingerprint density at radius 1 is 0.976 bits per heavy atom. The summed E-state index contributed by atoms with van der Waals surface area (Å²) >= 11 is 0. The van der Waals surface area contributed by atoms with Crippen LogP contribution < -0.4 is 16.4 Å². The van der Waals surface area contributed by atoms with E-state index in [1.165, 1.54) is 17.0 Å². The number of nitrogens with two attached hydrogens (primary N) is 1. The van der Waals surface area contributed by atoms with Gasteiger partial charge in [0.15, 0.2) is 11.6 Å². The van der Waals surface area contributed by atoms with Crippen LogP contribution in [-0.4, -0.2) is 49.0 Å². The average molecular weight is 571 g/mol. The zero-order valence-electron chi connectivity index (χ0n) is 21.6. The molecule has 3 aromatic carbocycles. The van der Waals surface area contributed by atoms with Crippen molar-refractivity contribution in [3.63, 3.8) is 0 Å². The number of benzene rings is 3. The number of imidazole rings is 1. The third-order valence-corrected chi connectivity index (χ3v) is 6.51. The zero-order valence-corrected chi connectivity index (χ0v) is 21.6. The molecule has 210 valence electrons. The molecule has 6 aromatic rings. The lowest BCUT2D eigenvalue weighted by Gasteiger charge is -2.10. The van der Waals surface area contributed by atoms with Crippen LogP contribution in [0.3, 0.4) is 0 Å². The zero-order chi connectivity index (χ0) is 29.4. The van der Waals surface area contributed by atoms with Crippen LogP contribution in [0.25, 0.3) is 27.7 Å². The van der Waals surface area contributed by atoms with Crippen molar-refractivity contribution in [3.05, 3.63) is 102 Å². The Labute approximate surface area is 235 Å². The Bertz CT molecular complexity index is 1950. The molecule has 0 unspecified atom stereocenters. The molecule has 0 radical (unpaired) electrons. The van der Waals surface area contributed by atoms with Gasteiger partial charge in [-0.15, -0.1) is 0 Å². The topological polar surface area (TPSA) is 143 Å². The highest BCUT2D eigenvalue weighted by molar-refractivity contribution is 6.10. The molecule has 0 bridgehead atoms. The first-order chi connectivity index (χ1) is 20.2. The van der Waals surface area contributed by atoms with Crippen molar-refractivity contribution in [2.45, 2.75) is 6.18 Å². The Morgan fingerprint density at radius 2 is 1.74 bits per heavy atom. The second-order valence-corrected chi connectivity index (χ2v) is 9.37. The molecule has 0 aliphatic rings. The van der Waals surface area contributed by atoms with E-state index in [9.17, 15) is 22.8 Å². The van der Waals surface area contributed by atoms with Gasteiger partial charge in [0, 0.05) is 28.6 Å². The number of nitrogens with zero attached hydrogens (tertiary/aromatic N) is 4. The molecule has 0 atom stereocenters. The monoisotopic (exact) mass is 570 g/mol. The predicted octanol–water partition coefficient (Wildman–Crippen LogP) is 5.12. The standard InChI is InChI=1S/C29H21F3N8O2/c30-29(31,32)14-34-27(42)20-13-40-24(26(33)35-15-36-40)23(20)16-6-9-19(10-7-16)37-28-38-21-11-8-18(12-22(21)39-28)25(41)17-4-2-1-3-5-17/h1-13,15H,14H2,(H,34,42)(H2,33,35,36)(H2,37,38,39). The number of halogens is 3. The number of aromatic amines is 1. The van der Waals surface area contributed by atoms with Gasteiger partial charge in [0.25, 0.3) is 5.91 Å². The van der Waals surface area contributed by atoms with E-state index in [1.807, 2.05) is 11.4 Å². The van der Waals surface area contributed by atoms with Crippen LogP contribution in [0.1, 0.15) is 26.3 Å². The van der Waals surface area contributed by atoms with Crippen molar-refractivity contribution in [2.75, 3.05) is 17.6 Å². The van der Waals surface area contributed by atoms with Gasteiger partial charge >= 0.3 is 6.18 Å². The molecule has 0 saturated heterocycles. The van der Waals surface area contributed by atoms with E-state index in [1.54, 1.807) is 66.7 Å². The molecule has 3 heterocycles. The van der Waals surface area contributed by atoms with Crippen molar-refractivity contribution >= 4 is 45.7 Å². The van der Waals surface area contributed by atoms with E-state index in [2.05, 4.69) is 25.4 Å². The molecule has 1 amide bonds. The molecule has 6 rings (SSSR count). The van der Waals surface area contributed by atoms with E-state index in [4.69, 9.17) is 5.73 Å². The number of amides is 1. The molecule has 42 heavy (non-hydrogen) atoms. The molecule has 13 heteroatoms. The largest absolute Gasteiger partial charge is 0.405 e. The first kappa shape index (κ1) is 26.5. The number of alkyl halides is 3. The van der Waals surface area contributed by atoms with Crippen LogP contribution in [0.15, 0.2) is 85.3 Å². The normalized spacial score (nSPS) is 11.6. The number of hydrogen-bond acceptors (Lipinski definition) is 7. The van der Waals surface area contributed by atoms with Gasteiger partial charge in [-0.1, -0.05) is 42.5 Å². The highest BCUT2D eigenvalue weighted by atomic mass is 19.4. The van der Waals surface area contributed by atoms with Crippen molar-refractivity contribution in [2.24, 2.45) is 0 Å². The van der Waals surface area contributed by atoms with Gasteiger partial charge in [-0.05, 0) is 35.9 Å². The molecule has 0 fully saturated rings. The van der Waals surface area contributed by atoms with Crippen LogP contribution >= 0.6 is 0 Å². The summed E-state index contributed by atoms with van der Waals surface area (Å²) in [6.07, 6.45) is -2.08. The van der Waals surface area contributed by atoms with Gasteiger partial charge in [0.2, 0.25) is 5.95 Å². The first-order valence-corrected chi connectivity index (χ1v) is 12.6. The molecule has 0 aliphatic heterocycles. The number of aromatic nitrogens is 5. The molecule has 0 saturated carbocycles. The van der Waals surface area contributed by atoms with Crippen LogP contribution in [0, 0.1) is 0 Å². The number of fused-ring (bicyclic) bond motifs is 2. The fourth-order valence-corrected chi connectivity index (χ4v) is 4.60. The Kier molecular flexibility index (Phi) is 6.53. The number of nitrogens with one attached hydrogen (secondary N) is 3. The van der Waals surface area contributed by atoms with E-state index in [0.29, 0.717) is 44.9 Å². The quantitative estimate of drug-likeness (QED) is 0.195. The van der Waals surface area contributed by atoms with Crippen LogP contribution in [0.2, 0.25) is 0 Å². The molecule has 5 N–H and O–H groups in total. The SMILES string of the molecule is Nc1ncnn2cc(C(=O)NCC(F)(F)F)c(-c3ccc(Nc4nc5ccc(C(=O)c6ccccc6)cc5[nH]4)cc3)c12. The maximum atomic E-state index is 12.8. The summed E-state index contributed by atoms with van der Waals surface area (Å²) < 4.78 is 39.5. The average Bonchev–Trinajstić information content (AvgIpc) is 3.57. The Morgan fingerprint density at radius 3 is 2.48 bits per heavy atom. The first-order valence-electron chi connectivity index (χ1n) is 12.6. The highest BCUT2D eigenvalue weighted by Crippen LogP contribution is 2.33. The number of carbonyl (C=O) groups excluding carboxylic acids is 2. The number of carbonyl (C=O) groups is 2. The molecule has 10 nitrogen and oxygen atoms in total. The number of hydrogen-bond donors (Lipinski definition) is 4. The minimum Gasteiger partial charge on any atom is -0.382 e. The van der Waals surface area contributed by atoms with Crippen molar-refractivity contribution < 1.29 is 22.8 Å². The fourth-order valence-electron chi connectivity index (χ4n) is 4.60. The lowest BCUT2D eigenvalue weighted by atomic mass is 10.0. The van der Waals surface area contributed by atoms with Crippen molar-refractivity contribution in [3.8, 4) is 11.1 Å². The summed E-state index contributed by atoms with van der Waals surface area (Å²) in [6, 6.07) is 21.0. The molecule has 0 spiro atoms. The number of H-pyrrole nitrogens is 1. The smallest absolute Gasteiger partial charge is 0.382 e. The summed E-state index contributed by atoms with van der Waals surface area (Å²) in [4.78, 5) is 37.2. The van der Waals surface area contributed by atoms with Gasteiger partial charge < -0.3 is 21.4 Å². The van der Waals surface area contributed by atoms with Gasteiger partial charge in [-0.2, -0.15) is 18.3 Å². The van der Waals surface area contributed by atoms with E-state index in [-0.39, 0.29) is 22.7 Å². The Hall–Kier alpha value is -5.72. The lowest BCUT2D eigenvalue weighted by Crippen LogP contribution is -2.33. The predicted molar refractivity (Wildman–Crippen MR) is 150 cm³/mol. The summed E-state index contributed by atoms with van der Waals surface area (Å²) in [6.45, 7) is -1.49. The molecular weight excluding hydrogens is 549 g/mol. The van der Waals surface area contributed by atoms with Gasteiger partial charge in [-0.25, -0.2) is 14.5 Å². The highest BCUT2D eigenvalue weighted by Gasteiger charge is 2.29. The van der Waals surface area contributed by atoms with Crippen molar-refractivity contribution in [1.29, 1.82) is 0 Å². The molecule has 3 aromatic heterocycles. The van der Waals surface area contributed by atoms with Crippen LogP contribution in [-0.2, 0) is 0 Å². The van der Waals surface area contributed by atoms with E-state index < -0.39 is 18.6 Å². The lowest BCUT2D eigenvalue weighted by molar-refractivity contribution is -0.123. The second kappa shape index (κ2) is 10.4. The Balaban J connectivity index is 1.27. The number of ketones is 1. The minimum atomic E-state index is -4.57. The summed E-state index contributed by atoms with van der Waals surface area (Å²) in [5.74, 6) is -0.541. The molecular formula is C29H21F3N8O2. The maximum absolute atomic E-state index is 12.8. The van der Waals surface area contributed by atoms with Crippen molar-refractivity contribution in [1.82, 2.24) is 29.9 Å². The third-order valence-electron chi connectivity index (χ3n) is 6.51. The van der Waals surface area contributed by atoms with Crippen LogP contribution in [0.4, 0.5) is 30.6 Å². The van der Waals surface area contributed by atoms with Gasteiger partial charge in [-0.3, -0.25) is 9.59 Å². The van der Waals surface area contributed by atoms with Crippen LogP contribution in [0.5, 0.6) is 0 Å². The van der Waals surface area contributed by atoms with E-state index in [0.717, 1.165) is 0 Å². The maximum Gasteiger partial charge on any atom is 0.405 e. The fraction of sp³-hybridized carbons (Fsp3) is 0.0690. The summed E-state index contributed by atoms with van der Waals surface area (Å²) in [5.41, 5.74) is 10.2. The number of nitrogen functional groups attached to an aromatic ring is 1. The summed E-state index contributed by atoms with van der Waals surface area (Å²) in [7, 11) is 0. The summed E-state index contributed by atoms with van der Waals surface area (Å²) in [5, 5.41) is 9.10. The third kappa shape index (κ3) is 5.22. The number of anilines is 3. The van der Waals surface area contributed by atoms with Gasteiger partial charge in [0.1, 0.15) is 18.4 Å². The second-order valence-electron chi connectivity index (χ2n) is 9.37. The molecule has 0 aliphatic carbocycles. The van der Waals surface area contributed by atoms with Gasteiger partial charge in [0.05, 0.1) is 16.6 Å². The van der Waals surface area contributed by atoms with E-state index >= 15 is 0 Å². The minimum absolute atomic E-state index is 0.0368. The number of rotatable bonds is 7.